The molecule has 3 aromatic carbocycles. The van der Waals surface area contributed by atoms with Gasteiger partial charge in [0.2, 0.25) is 5.91 Å². The first-order chi connectivity index (χ1) is 17.5. The number of hydrogen-bond donors (Lipinski definition) is 1. The number of benzene rings is 3. The summed E-state index contributed by atoms with van der Waals surface area (Å²) in [6.45, 7) is 0.0107. The van der Waals surface area contributed by atoms with Gasteiger partial charge in [-0.15, -0.1) is 0 Å². The number of rotatable bonds is 10. The molecule has 1 aliphatic carbocycles. The monoisotopic (exact) mass is 524 g/mol. The molecule has 1 fully saturated rings. The van der Waals surface area contributed by atoms with Crippen LogP contribution in [0.3, 0.4) is 0 Å². The number of nitrogens with one attached hydrogen (secondary N) is 1. The van der Waals surface area contributed by atoms with Gasteiger partial charge in [0, 0.05) is 19.0 Å². The summed E-state index contributed by atoms with van der Waals surface area (Å²) in [6.07, 6.45) is 4.51. The van der Waals surface area contributed by atoms with Crippen LogP contribution in [-0.2, 0) is 22.6 Å². The number of halogens is 2. The van der Waals surface area contributed by atoms with Crippen LogP contribution >= 0.6 is 23.2 Å². The molecule has 0 radical (unpaired) electrons. The summed E-state index contributed by atoms with van der Waals surface area (Å²) < 4.78 is 5.77. The molecule has 2 amide bonds. The molecule has 0 heterocycles. The van der Waals surface area contributed by atoms with Crippen LogP contribution in [0.4, 0.5) is 0 Å². The Bertz CT molecular complexity index is 1150. The van der Waals surface area contributed by atoms with Gasteiger partial charge in [0.15, 0.2) is 6.61 Å². The van der Waals surface area contributed by atoms with Crippen molar-refractivity contribution < 1.29 is 14.3 Å². The van der Waals surface area contributed by atoms with Gasteiger partial charge in [0.05, 0.1) is 10.0 Å². The van der Waals surface area contributed by atoms with Gasteiger partial charge in [-0.2, -0.15) is 0 Å². The Morgan fingerprint density at radius 3 is 2.22 bits per heavy atom. The van der Waals surface area contributed by atoms with Crippen molar-refractivity contribution in [1.82, 2.24) is 10.2 Å². The van der Waals surface area contributed by atoms with Gasteiger partial charge in [0.1, 0.15) is 11.8 Å². The van der Waals surface area contributed by atoms with E-state index in [0.717, 1.165) is 36.8 Å². The van der Waals surface area contributed by atoms with Crippen molar-refractivity contribution in [2.45, 2.75) is 50.7 Å². The molecule has 1 atom stereocenters. The molecule has 4 rings (SSSR count). The third-order valence-corrected chi connectivity index (χ3v) is 7.15. The minimum atomic E-state index is -0.714. The quantitative estimate of drug-likeness (QED) is 0.350. The van der Waals surface area contributed by atoms with E-state index < -0.39 is 6.04 Å². The lowest BCUT2D eigenvalue weighted by molar-refractivity contribution is -0.143. The molecule has 1 aliphatic rings. The Morgan fingerprint density at radius 1 is 0.889 bits per heavy atom. The highest BCUT2D eigenvalue weighted by atomic mass is 35.5. The zero-order valence-electron chi connectivity index (χ0n) is 20.0. The van der Waals surface area contributed by atoms with Crippen LogP contribution in [0.2, 0.25) is 10.0 Å². The fourth-order valence-corrected chi connectivity index (χ4v) is 4.82. The number of amides is 2. The van der Waals surface area contributed by atoms with Crippen LogP contribution in [0.5, 0.6) is 5.75 Å². The maximum absolute atomic E-state index is 13.6. The molecule has 5 nitrogen and oxygen atoms in total. The minimum Gasteiger partial charge on any atom is -0.484 e. The van der Waals surface area contributed by atoms with Crippen molar-refractivity contribution in [3.63, 3.8) is 0 Å². The molecular weight excluding hydrogens is 495 g/mol. The average Bonchev–Trinajstić information content (AvgIpc) is 3.41. The first-order valence-corrected chi connectivity index (χ1v) is 13.0. The molecule has 36 heavy (non-hydrogen) atoms. The SMILES string of the molecule is O=C(NC1CCCC1)[C@H](Cc1ccccc1)N(Cc1ccc(Cl)c(Cl)c1)C(=O)COc1ccccc1. The summed E-state index contributed by atoms with van der Waals surface area (Å²) in [4.78, 5) is 28.8. The lowest BCUT2D eigenvalue weighted by atomic mass is 10.0. The highest BCUT2D eigenvalue weighted by Crippen LogP contribution is 2.25. The summed E-state index contributed by atoms with van der Waals surface area (Å²) >= 11 is 12.4. The van der Waals surface area contributed by atoms with Crippen molar-refractivity contribution in [2.75, 3.05) is 6.61 Å². The molecule has 0 aromatic heterocycles. The second-order valence-electron chi connectivity index (χ2n) is 9.07. The maximum Gasteiger partial charge on any atom is 0.261 e. The first-order valence-electron chi connectivity index (χ1n) is 12.2. The van der Waals surface area contributed by atoms with Crippen LogP contribution in [0.25, 0.3) is 0 Å². The van der Waals surface area contributed by atoms with E-state index in [9.17, 15) is 9.59 Å². The second-order valence-corrected chi connectivity index (χ2v) is 9.88. The van der Waals surface area contributed by atoms with E-state index in [1.54, 1.807) is 29.2 Å². The lowest BCUT2D eigenvalue weighted by Gasteiger charge is -2.32. The van der Waals surface area contributed by atoms with Crippen molar-refractivity contribution in [1.29, 1.82) is 0 Å². The summed E-state index contributed by atoms with van der Waals surface area (Å²) in [7, 11) is 0. The van der Waals surface area contributed by atoms with E-state index in [1.807, 2.05) is 54.6 Å². The van der Waals surface area contributed by atoms with Gasteiger partial charge >= 0.3 is 0 Å². The maximum atomic E-state index is 13.6. The predicted molar refractivity (Wildman–Crippen MR) is 143 cm³/mol. The zero-order valence-corrected chi connectivity index (χ0v) is 21.5. The Hall–Kier alpha value is -3.02. The molecule has 3 aromatic rings. The highest BCUT2D eigenvalue weighted by molar-refractivity contribution is 6.42. The summed E-state index contributed by atoms with van der Waals surface area (Å²) in [5.41, 5.74) is 1.75. The Labute approximate surface area is 222 Å². The predicted octanol–water partition coefficient (Wildman–Crippen LogP) is 6.07. The Morgan fingerprint density at radius 2 is 1.56 bits per heavy atom. The van der Waals surface area contributed by atoms with E-state index in [4.69, 9.17) is 27.9 Å². The number of carbonyl (C=O) groups is 2. The number of nitrogens with zero attached hydrogens (tertiary/aromatic N) is 1. The van der Waals surface area contributed by atoms with Crippen molar-refractivity contribution in [2.24, 2.45) is 0 Å². The van der Waals surface area contributed by atoms with Gasteiger partial charge in [-0.3, -0.25) is 9.59 Å². The molecule has 1 saturated carbocycles. The number of para-hydroxylation sites is 1. The van der Waals surface area contributed by atoms with E-state index in [0.29, 0.717) is 22.2 Å². The van der Waals surface area contributed by atoms with Gasteiger partial charge in [-0.1, -0.05) is 90.6 Å². The fraction of sp³-hybridized carbons (Fsp3) is 0.310. The summed E-state index contributed by atoms with van der Waals surface area (Å²) in [6, 6.07) is 23.6. The average molecular weight is 525 g/mol. The van der Waals surface area contributed by atoms with Crippen LogP contribution in [0.1, 0.15) is 36.8 Å². The van der Waals surface area contributed by atoms with Crippen LogP contribution in [0, 0.1) is 0 Å². The third-order valence-electron chi connectivity index (χ3n) is 6.42. The molecule has 0 spiro atoms. The first kappa shape index (κ1) is 26.1. The molecule has 0 saturated heterocycles. The largest absolute Gasteiger partial charge is 0.484 e. The van der Waals surface area contributed by atoms with Gasteiger partial charge < -0.3 is 15.0 Å². The second kappa shape index (κ2) is 12.8. The molecule has 1 N–H and O–H groups in total. The van der Waals surface area contributed by atoms with Crippen molar-refractivity contribution in [3.8, 4) is 5.75 Å². The standard InChI is InChI=1S/C29H30Cl2N2O3/c30-25-16-15-22(17-26(25)31)19-33(28(34)20-36-24-13-5-2-6-14-24)27(18-21-9-3-1-4-10-21)29(35)32-23-11-7-8-12-23/h1-6,9-10,13-17,23,27H,7-8,11-12,18-20H2,(H,32,35)/t27-/m0/s1. The minimum absolute atomic E-state index is 0.137. The molecule has 188 valence electrons. The van der Waals surface area contributed by atoms with Crippen molar-refractivity contribution in [3.05, 3.63) is 100 Å². The topological polar surface area (TPSA) is 58.6 Å². The van der Waals surface area contributed by atoms with Crippen LogP contribution in [0.15, 0.2) is 78.9 Å². The summed E-state index contributed by atoms with van der Waals surface area (Å²) in [5, 5.41) is 4.03. The highest BCUT2D eigenvalue weighted by Gasteiger charge is 2.32. The van der Waals surface area contributed by atoms with Gasteiger partial charge in [-0.05, 0) is 48.2 Å². The van der Waals surface area contributed by atoms with Crippen LogP contribution in [-0.4, -0.2) is 35.4 Å². The molecule has 0 unspecified atom stereocenters. The Balaban J connectivity index is 1.62. The number of hydrogen-bond acceptors (Lipinski definition) is 3. The smallest absolute Gasteiger partial charge is 0.261 e. The lowest BCUT2D eigenvalue weighted by Crippen LogP contribution is -2.53. The van der Waals surface area contributed by atoms with E-state index in [2.05, 4.69) is 5.32 Å². The van der Waals surface area contributed by atoms with E-state index in [-0.39, 0.29) is 31.0 Å². The summed E-state index contributed by atoms with van der Waals surface area (Å²) in [5.74, 6) is 0.154. The number of carbonyl (C=O) groups excluding carboxylic acids is 2. The van der Waals surface area contributed by atoms with E-state index >= 15 is 0 Å². The molecular formula is C29H30Cl2N2O3. The fourth-order valence-electron chi connectivity index (χ4n) is 4.50. The van der Waals surface area contributed by atoms with Crippen molar-refractivity contribution >= 4 is 35.0 Å². The van der Waals surface area contributed by atoms with Gasteiger partial charge in [0.25, 0.3) is 5.91 Å². The van der Waals surface area contributed by atoms with Crippen LogP contribution < -0.4 is 10.1 Å². The number of ether oxygens (including phenoxy) is 1. The van der Waals surface area contributed by atoms with Gasteiger partial charge in [-0.25, -0.2) is 0 Å². The Kier molecular flexibility index (Phi) is 9.26. The molecule has 0 bridgehead atoms. The third kappa shape index (κ3) is 7.25. The normalized spacial score (nSPS) is 14.3. The zero-order chi connectivity index (χ0) is 25.3. The van der Waals surface area contributed by atoms with E-state index in [1.165, 1.54) is 0 Å². The molecule has 0 aliphatic heterocycles. The molecule has 7 heteroatoms.